The molecular formula is C15H24N4O. The summed E-state index contributed by atoms with van der Waals surface area (Å²) in [6, 6.07) is 9.91. The topological polar surface area (TPSA) is 73.9 Å². The van der Waals surface area contributed by atoms with Gasteiger partial charge in [0, 0.05) is 19.6 Å². The van der Waals surface area contributed by atoms with Gasteiger partial charge < -0.3 is 21.2 Å². The Morgan fingerprint density at radius 2 is 2.00 bits per heavy atom. The molecule has 20 heavy (non-hydrogen) atoms. The minimum absolute atomic E-state index is 0.0835. The average Bonchev–Trinajstić information content (AvgIpc) is 3.01. The molecule has 1 saturated heterocycles. The maximum Gasteiger partial charge on any atom is 0.147 e. The van der Waals surface area contributed by atoms with Crippen LogP contribution < -0.4 is 11.1 Å². The zero-order valence-electron chi connectivity index (χ0n) is 11.8. The van der Waals surface area contributed by atoms with Gasteiger partial charge in [-0.25, -0.2) is 0 Å². The van der Waals surface area contributed by atoms with Crippen molar-refractivity contribution in [1.82, 2.24) is 10.2 Å². The van der Waals surface area contributed by atoms with E-state index in [4.69, 9.17) is 10.9 Å². The van der Waals surface area contributed by atoms with E-state index >= 15 is 0 Å². The Morgan fingerprint density at radius 3 is 2.65 bits per heavy atom. The SMILES string of the molecule is NC(=NO)C(CNCCN1CCCC1)c1ccccc1. The first-order valence-corrected chi connectivity index (χ1v) is 7.26. The Labute approximate surface area is 120 Å². The summed E-state index contributed by atoms with van der Waals surface area (Å²) >= 11 is 0. The van der Waals surface area contributed by atoms with Crippen molar-refractivity contribution in [2.75, 3.05) is 32.7 Å². The highest BCUT2D eigenvalue weighted by Crippen LogP contribution is 2.14. The normalized spacial score (nSPS) is 18.3. The Morgan fingerprint density at radius 1 is 1.30 bits per heavy atom. The van der Waals surface area contributed by atoms with E-state index in [0.29, 0.717) is 6.54 Å². The first-order valence-electron chi connectivity index (χ1n) is 7.26. The maximum atomic E-state index is 8.92. The summed E-state index contributed by atoms with van der Waals surface area (Å²) < 4.78 is 0. The number of benzene rings is 1. The van der Waals surface area contributed by atoms with Crippen LogP contribution in [-0.4, -0.2) is 48.7 Å². The molecule has 4 N–H and O–H groups in total. The first-order chi connectivity index (χ1) is 9.81. The van der Waals surface area contributed by atoms with Crippen LogP contribution in [0.1, 0.15) is 24.3 Å². The third-order valence-corrected chi connectivity index (χ3v) is 3.83. The van der Waals surface area contributed by atoms with E-state index in [1.807, 2.05) is 30.3 Å². The lowest BCUT2D eigenvalue weighted by molar-refractivity contribution is 0.314. The lowest BCUT2D eigenvalue weighted by atomic mass is 9.98. The number of oxime groups is 1. The standard InChI is InChI=1S/C15H24N4O/c16-15(18-20)14(13-6-2-1-3-7-13)12-17-8-11-19-9-4-5-10-19/h1-3,6-7,14,17,20H,4-5,8-12H2,(H2,16,18). The van der Waals surface area contributed by atoms with E-state index in [-0.39, 0.29) is 11.8 Å². The van der Waals surface area contributed by atoms with E-state index in [0.717, 1.165) is 18.7 Å². The molecule has 1 aliphatic rings. The summed E-state index contributed by atoms with van der Waals surface area (Å²) in [6.45, 7) is 5.11. The molecule has 0 radical (unpaired) electrons. The molecular weight excluding hydrogens is 252 g/mol. The molecule has 0 bridgehead atoms. The lowest BCUT2D eigenvalue weighted by Crippen LogP contribution is -2.35. The molecule has 1 unspecified atom stereocenters. The van der Waals surface area contributed by atoms with Crippen LogP contribution in [0, 0.1) is 0 Å². The van der Waals surface area contributed by atoms with Crippen molar-refractivity contribution >= 4 is 5.84 Å². The van der Waals surface area contributed by atoms with Gasteiger partial charge in [-0.3, -0.25) is 0 Å². The molecule has 1 aromatic rings. The van der Waals surface area contributed by atoms with Crippen LogP contribution in [0.5, 0.6) is 0 Å². The van der Waals surface area contributed by atoms with Crippen molar-refractivity contribution in [3.63, 3.8) is 0 Å². The highest BCUT2D eigenvalue weighted by atomic mass is 16.4. The Hall–Kier alpha value is -1.59. The van der Waals surface area contributed by atoms with Gasteiger partial charge in [-0.05, 0) is 31.5 Å². The molecule has 0 aromatic heterocycles. The fourth-order valence-electron chi connectivity index (χ4n) is 2.64. The van der Waals surface area contributed by atoms with Gasteiger partial charge >= 0.3 is 0 Å². The largest absolute Gasteiger partial charge is 0.409 e. The zero-order chi connectivity index (χ0) is 14.2. The number of hydrogen-bond donors (Lipinski definition) is 3. The highest BCUT2D eigenvalue weighted by molar-refractivity contribution is 5.87. The zero-order valence-corrected chi connectivity index (χ0v) is 11.8. The minimum atomic E-state index is -0.0835. The van der Waals surface area contributed by atoms with Crippen molar-refractivity contribution in [2.24, 2.45) is 10.9 Å². The fourth-order valence-corrected chi connectivity index (χ4v) is 2.64. The number of nitrogens with one attached hydrogen (secondary N) is 1. The van der Waals surface area contributed by atoms with Crippen LogP contribution in [0.3, 0.4) is 0 Å². The van der Waals surface area contributed by atoms with Crippen LogP contribution >= 0.6 is 0 Å². The van der Waals surface area contributed by atoms with Gasteiger partial charge in [-0.2, -0.15) is 0 Å². The molecule has 1 heterocycles. The predicted molar refractivity (Wildman–Crippen MR) is 81.1 cm³/mol. The van der Waals surface area contributed by atoms with Crippen LogP contribution in [0.25, 0.3) is 0 Å². The summed E-state index contributed by atoms with van der Waals surface area (Å²) in [5.41, 5.74) is 6.87. The minimum Gasteiger partial charge on any atom is -0.409 e. The Balaban J connectivity index is 1.82. The molecule has 1 aliphatic heterocycles. The molecule has 1 atom stereocenters. The number of likely N-dealkylation sites (tertiary alicyclic amines) is 1. The second-order valence-corrected chi connectivity index (χ2v) is 5.24. The van der Waals surface area contributed by atoms with Crippen molar-refractivity contribution in [2.45, 2.75) is 18.8 Å². The molecule has 0 aliphatic carbocycles. The molecule has 0 spiro atoms. The molecule has 2 rings (SSSR count). The monoisotopic (exact) mass is 276 g/mol. The number of hydrogen-bond acceptors (Lipinski definition) is 4. The van der Waals surface area contributed by atoms with Crippen molar-refractivity contribution in [3.05, 3.63) is 35.9 Å². The predicted octanol–water partition coefficient (Wildman–Crippen LogP) is 1.20. The number of amidine groups is 1. The lowest BCUT2D eigenvalue weighted by Gasteiger charge is -2.19. The van der Waals surface area contributed by atoms with E-state index in [1.54, 1.807) is 0 Å². The average molecular weight is 276 g/mol. The number of nitrogens with two attached hydrogens (primary N) is 1. The molecule has 1 aromatic carbocycles. The van der Waals surface area contributed by atoms with Crippen molar-refractivity contribution in [3.8, 4) is 0 Å². The van der Waals surface area contributed by atoms with E-state index < -0.39 is 0 Å². The first kappa shape index (κ1) is 14.8. The van der Waals surface area contributed by atoms with Gasteiger partial charge in [0.05, 0.1) is 5.92 Å². The van der Waals surface area contributed by atoms with Crippen LogP contribution in [0.15, 0.2) is 35.5 Å². The second kappa shape index (κ2) is 7.87. The second-order valence-electron chi connectivity index (χ2n) is 5.24. The van der Waals surface area contributed by atoms with Gasteiger partial charge in [0.2, 0.25) is 0 Å². The van der Waals surface area contributed by atoms with E-state index in [9.17, 15) is 0 Å². The Kier molecular flexibility index (Phi) is 5.83. The number of rotatable bonds is 7. The van der Waals surface area contributed by atoms with Gasteiger partial charge in [0.25, 0.3) is 0 Å². The summed E-state index contributed by atoms with van der Waals surface area (Å²) in [7, 11) is 0. The number of nitrogens with zero attached hydrogens (tertiary/aromatic N) is 2. The third-order valence-electron chi connectivity index (χ3n) is 3.83. The smallest absolute Gasteiger partial charge is 0.147 e. The molecule has 0 amide bonds. The third kappa shape index (κ3) is 4.21. The van der Waals surface area contributed by atoms with Crippen LogP contribution in [0.4, 0.5) is 0 Å². The van der Waals surface area contributed by atoms with Crippen molar-refractivity contribution < 1.29 is 5.21 Å². The molecule has 5 heteroatoms. The molecule has 110 valence electrons. The summed E-state index contributed by atoms with van der Waals surface area (Å²) in [6.07, 6.45) is 2.63. The van der Waals surface area contributed by atoms with E-state index in [2.05, 4.69) is 15.4 Å². The van der Waals surface area contributed by atoms with Gasteiger partial charge in [0.1, 0.15) is 5.84 Å². The quantitative estimate of drug-likeness (QED) is 0.230. The van der Waals surface area contributed by atoms with Gasteiger partial charge in [0.15, 0.2) is 0 Å². The highest BCUT2D eigenvalue weighted by Gasteiger charge is 2.16. The molecule has 5 nitrogen and oxygen atoms in total. The maximum absolute atomic E-state index is 8.92. The van der Waals surface area contributed by atoms with Gasteiger partial charge in [-0.15, -0.1) is 0 Å². The molecule has 0 saturated carbocycles. The van der Waals surface area contributed by atoms with Crippen LogP contribution in [-0.2, 0) is 0 Å². The van der Waals surface area contributed by atoms with Gasteiger partial charge in [-0.1, -0.05) is 35.5 Å². The summed E-state index contributed by atoms with van der Waals surface area (Å²) in [5, 5.41) is 15.5. The van der Waals surface area contributed by atoms with Crippen LogP contribution in [0.2, 0.25) is 0 Å². The Bertz CT molecular complexity index is 415. The summed E-state index contributed by atoms with van der Waals surface area (Å²) in [5.74, 6) is 0.171. The van der Waals surface area contributed by atoms with E-state index in [1.165, 1.54) is 25.9 Å². The summed E-state index contributed by atoms with van der Waals surface area (Å²) in [4.78, 5) is 2.47. The molecule has 1 fully saturated rings. The van der Waals surface area contributed by atoms with Crippen molar-refractivity contribution in [1.29, 1.82) is 0 Å². The fraction of sp³-hybridized carbons (Fsp3) is 0.533.